The second-order valence-electron chi connectivity index (χ2n) is 3.21. The fourth-order valence-electron chi connectivity index (χ4n) is 1.37. The van der Waals surface area contributed by atoms with Gasteiger partial charge >= 0.3 is 0 Å². The Morgan fingerprint density at radius 2 is 2.07 bits per heavy atom. The number of H-pyrrole nitrogens is 1. The van der Waals surface area contributed by atoms with Gasteiger partial charge in [-0.15, -0.1) is 0 Å². The van der Waals surface area contributed by atoms with E-state index in [1.54, 1.807) is 12.4 Å². The molecule has 14 heavy (non-hydrogen) atoms. The highest BCUT2D eigenvalue weighted by Crippen LogP contribution is 2.15. The van der Waals surface area contributed by atoms with Crippen LogP contribution in [0.1, 0.15) is 18.5 Å². The van der Waals surface area contributed by atoms with Gasteiger partial charge < -0.3 is 10.3 Å². The maximum absolute atomic E-state index is 4.12. The van der Waals surface area contributed by atoms with Crippen molar-refractivity contribution in [2.75, 3.05) is 5.32 Å². The number of hydrogen-bond donors (Lipinski definition) is 2. The summed E-state index contributed by atoms with van der Waals surface area (Å²) in [6.07, 6.45) is 3.54. The summed E-state index contributed by atoms with van der Waals surface area (Å²) in [5.74, 6) is 0.807. The van der Waals surface area contributed by atoms with Gasteiger partial charge in [0.2, 0.25) is 5.95 Å². The molecule has 0 saturated carbocycles. The summed E-state index contributed by atoms with van der Waals surface area (Å²) in [7, 11) is 0. The normalized spacial score (nSPS) is 12.4. The Kier molecular flexibility index (Phi) is 2.49. The van der Waals surface area contributed by atoms with Crippen LogP contribution in [0.5, 0.6) is 0 Å². The lowest BCUT2D eigenvalue weighted by Crippen LogP contribution is -2.07. The van der Waals surface area contributed by atoms with E-state index in [9.17, 15) is 0 Å². The number of nitrogens with zero attached hydrogens (tertiary/aromatic N) is 1. The summed E-state index contributed by atoms with van der Waals surface area (Å²) < 4.78 is 0. The van der Waals surface area contributed by atoms with Gasteiger partial charge in [-0.2, -0.15) is 0 Å². The van der Waals surface area contributed by atoms with Crippen molar-refractivity contribution in [1.82, 2.24) is 9.97 Å². The highest BCUT2D eigenvalue weighted by molar-refractivity contribution is 5.30. The molecule has 1 aromatic carbocycles. The molecule has 3 heteroatoms. The molecule has 1 aromatic heterocycles. The number of nitrogens with one attached hydrogen (secondary N) is 2. The maximum atomic E-state index is 4.12. The Morgan fingerprint density at radius 1 is 1.29 bits per heavy atom. The Hall–Kier alpha value is -1.77. The first-order valence-electron chi connectivity index (χ1n) is 4.67. The molecule has 1 heterocycles. The van der Waals surface area contributed by atoms with Crippen LogP contribution in [-0.4, -0.2) is 9.97 Å². The third-order valence-electron chi connectivity index (χ3n) is 2.15. The van der Waals surface area contributed by atoms with Crippen molar-refractivity contribution in [3.05, 3.63) is 48.3 Å². The van der Waals surface area contributed by atoms with E-state index in [2.05, 4.69) is 34.3 Å². The van der Waals surface area contributed by atoms with Crippen molar-refractivity contribution < 1.29 is 0 Å². The van der Waals surface area contributed by atoms with Crippen LogP contribution in [0.25, 0.3) is 0 Å². The summed E-state index contributed by atoms with van der Waals surface area (Å²) >= 11 is 0. The molecule has 2 rings (SSSR count). The molecule has 2 N–H and O–H groups in total. The molecule has 0 amide bonds. The molecular formula is C11H13N3. The van der Waals surface area contributed by atoms with E-state index in [0.29, 0.717) is 0 Å². The number of anilines is 1. The van der Waals surface area contributed by atoms with Crippen LogP contribution in [0.2, 0.25) is 0 Å². The van der Waals surface area contributed by atoms with Crippen LogP contribution >= 0.6 is 0 Å². The van der Waals surface area contributed by atoms with E-state index in [4.69, 9.17) is 0 Å². The number of hydrogen-bond acceptors (Lipinski definition) is 2. The van der Waals surface area contributed by atoms with Crippen molar-refractivity contribution in [3.63, 3.8) is 0 Å². The molecule has 0 aliphatic rings. The summed E-state index contributed by atoms with van der Waals surface area (Å²) in [5, 5.41) is 3.27. The highest BCUT2D eigenvalue weighted by Gasteiger charge is 2.04. The fraction of sp³-hybridized carbons (Fsp3) is 0.182. The molecule has 0 bridgehead atoms. The van der Waals surface area contributed by atoms with Gasteiger partial charge in [0, 0.05) is 12.4 Å². The van der Waals surface area contributed by atoms with Crippen molar-refractivity contribution in [3.8, 4) is 0 Å². The number of aromatic nitrogens is 2. The molecule has 72 valence electrons. The van der Waals surface area contributed by atoms with E-state index < -0.39 is 0 Å². The van der Waals surface area contributed by atoms with Gasteiger partial charge in [-0.25, -0.2) is 4.98 Å². The molecule has 2 aromatic rings. The van der Waals surface area contributed by atoms with Crippen LogP contribution in [0.15, 0.2) is 42.7 Å². The van der Waals surface area contributed by atoms with Crippen LogP contribution in [-0.2, 0) is 0 Å². The van der Waals surface area contributed by atoms with Crippen LogP contribution in [0.4, 0.5) is 5.95 Å². The van der Waals surface area contributed by atoms with E-state index in [-0.39, 0.29) is 6.04 Å². The van der Waals surface area contributed by atoms with E-state index in [1.165, 1.54) is 5.56 Å². The lowest BCUT2D eigenvalue weighted by Gasteiger charge is -2.12. The molecule has 0 radical (unpaired) electrons. The first-order chi connectivity index (χ1) is 6.86. The van der Waals surface area contributed by atoms with Crippen molar-refractivity contribution in [1.29, 1.82) is 0 Å². The van der Waals surface area contributed by atoms with Crippen molar-refractivity contribution >= 4 is 5.95 Å². The predicted molar refractivity (Wildman–Crippen MR) is 57.1 cm³/mol. The van der Waals surface area contributed by atoms with Gasteiger partial charge in [-0.3, -0.25) is 0 Å². The molecule has 3 nitrogen and oxygen atoms in total. The quantitative estimate of drug-likeness (QED) is 0.775. The molecule has 1 atom stereocenters. The van der Waals surface area contributed by atoms with Gasteiger partial charge in [0.1, 0.15) is 0 Å². The average molecular weight is 187 g/mol. The maximum Gasteiger partial charge on any atom is 0.200 e. The van der Waals surface area contributed by atoms with Crippen LogP contribution in [0.3, 0.4) is 0 Å². The Bertz CT molecular complexity index is 367. The van der Waals surface area contributed by atoms with E-state index >= 15 is 0 Å². The minimum Gasteiger partial charge on any atom is -0.349 e. The van der Waals surface area contributed by atoms with Gasteiger partial charge in [0.15, 0.2) is 0 Å². The Morgan fingerprint density at radius 3 is 2.71 bits per heavy atom. The van der Waals surface area contributed by atoms with Crippen LogP contribution < -0.4 is 5.32 Å². The lowest BCUT2D eigenvalue weighted by molar-refractivity contribution is 0.867. The zero-order valence-electron chi connectivity index (χ0n) is 8.07. The van der Waals surface area contributed by atoms with E-state index in [1.807, 2.05) is 18.2 Å². The lowest BCUT2D eigenvalue weighted by atomic mass is 10.1. The second kappa shape index (κ2) is 3.96. The van der Waals surface area contributed by atoms with Crippen molar-refractivity contribution in [2.45, 2.75) is 13.0 Å². The van der Waals surface area contributed by atoms with Gasteiger partial charge in [-0.05, 0) is 12.5 Å². The Balaban J connectivity index is 2.07. The Labute approximate surface area is 83.2 Å². The molecule has 0 unspecified atom stereocenters. The third-order valence-corrected chi connectivity index (χ3v) is 2.15. The molecule has 0 aliphatic heterocycles. The minimum atomic E-state index is 0.266. The molecule has 0 aliphatic carbocycles. The van der Waals surface area contributed by atoms with Gasteiger partial charge in [-0.1, -0.05) is 30.3 Å². The van der Waals surface area contributed by atoms with Gasteiger partial charge in [0.25, 0.3) is 0 Å². The third kappa shape index (κ3) is 1.93. The number of rotatable bonds is 3. The highest BCUT2D eigenvalue weighted by atomic mass is 15.1. The first-order valence-corrected chi connectivity index (χ1v) is 4.67. The summed E-state index contributed by atoms with van der Waals surface area (Å²) in [5.41, 5.74) is 1.25. The largest absolute Gasteiger partial charge is 0.349 e. The summed E-state index contributed by atoms with van der Waals surface area (Å²) in [6.45, 7) is 2.11. The second-order valence-corrected chi connectivity index (χ2v) is 3.21. The average Bonchev–Trinajstić information content (AvgIpc) is 2.72. The first kappa shape index (κ1) is 8.81. The SMILES string of the molecule is C[C@@H](Nc1ncc[nH]1)c1ccccc1. The number of aromatic amines is 1. The van der Waals surface area contributed by atoms with Crippen LogP contribution in [0, 0.1) is 0 Å². The van der Waals surface area contributed by atoms with E-state index in [0.717, 1.165) is 5.95 Å². The smallest absolute Gasteiger partial charge is 0.200 e. The predicted octanol–water partition coefficient (Wildman–Crippen LogP) is 2.58. The number of benzene rings is 1. The standard InChI is InChI=1S/C11H13N3/c1-9(10-5-3-2-4-6-10)14-11-12-7-8-13-11/h2-9H,1H3,(H2,12,13,14)/t9-/m1/s1. The molecule has 0 spiro atoms. The monoisotopic (exact) mass is 187 g/mol. The molecule has 0 saturated heterocycles. The zero-order chi connectivity index (χ0) is 9.80. The fourth-order valence-corrected chi connectivity index (χ4v) is 1.37. The topological polar surface area (TPSA) is 40.7 Å². The minimum absolute atomic E-state index is 0.266. The van der Waals surface area contributed by atoms with Gasteiger partial charge in [0.05, 0.1) is 6.04 Å². The zero-order valence-corrected chi connectivity index (χ0v) is 8.07. The molecular weight excluding hydrogens is 174 g/mol. The number of imidazole rings is 1. The summed E-state index contributed by atoms with van der Waals surface area (Å²) in [4.78, 5) is 7.13. The van der Waals surface area contributed by atoms with Crippen molar-refractivity contribution in [2.24, 2.45) is 0 Å². The molecule has 0 fully saturated rings. The summed E-state index contributed by atoms with van der Waals surface area (Å²) in [6, 6.07) is 10.6.